The van der Waals surface area contributed by atoms with Gasteiger partial charge in [0.1, 0.15) is 0 Å². The van der Waals surface area contributed by atoms with Crippen molar-refractivity contribution in [3.63, 3.8) is 0 Å². The molecule has 1 fully saturated rings. The normalized spacial score (nSPS) is 31.7. The third kappa shape index (κ3) is 1.93. The summed E-state index contributed by atoms with van der Waals surface area (Å²) in [5, 5.41) is 27.0. The van der Waals surface area contributed by atoms with E-state index in [9.17, 15) is 10.2 Å². The molecule has 2 rings (SSSR count). The molecular weight excluding hydrogens is 194 g/mol. The first-order valence-electron chi connectivity index (χ1n) is 5.10. The fraction of sp³-hybridized carbons (Fsp3) is 0.600. The SMILES string of the molecule is CC1C(O)C(O)CCN1c1cccnn1. The Labute approximate surface area is 88.4 Å². The van der Waals surface area contributed by atoms with E-state index in [2.05, 4.69) is 10.2 Å². The van der Waals surface area contributed by atoms with E-state index in [0.29, 0.717) is 13.0 Å². The van der Waals surface area contributed by atoms with Gasteiger partial charge in [0.25, 0.3) is 0 Å². The predicted octanol–water partition coefficient (Wildman–Crippen LogP) is -0.203. The summed E-state index contributed by atoms with van der Waals surface area (Å²) in [6, 6.07) is 3.53. The minimum atomic E-state index is -0.722. The molecule has 0 bridgehead atoms. The number of aromatic nitrogens is 2. The van der Waals surface area contributed by atoms with E-state index >= 15 is 0 Å². The molecule has 5 heteroatoms. The maximum absolute atomic E-state index is 9.74. The molecule has 0 amide bonds. The lowest BCUT2D eigenvalue weighted by Crippen LogP contribution is -2.53. The molecule has 15 heavy (non-hydrogen) atoms. The van der Waals surface area contributed by atoms with Crippen LogP contribution in [-0.2, 0) is 0 Å². The van der Waals surface area contributed by atoms with Gasteiger partial charge in [0.15, 0.2) is 5.82 Å². The highest BCUT2D eigenvalue weighted by Crippen LogP contribution is 2.22. The summed E-state index contributed by atoms with van der Waals surface area (Å²) < 4.78 is 0. The molecular formula is C10H15N3O2. The number of aliphatic hydroxyl groups excluding tert-OH is 2. The second kappa shape index (κ2) is 4.12. The molecule has 1 aromatic heterocycles. The van der Waals surface area contributed by atoms with Crippen LogP contribution >= 0.6 is 0 Å². The molecule has 1 aromatic rings. The Kier molecular flexibility index (Phi) is 2.83. The number of hydrogen-bond acceptors (Lipinski definition) is 5. The lowest BCUT2D eigenvalue weighted by molar-refractivity contribution is -0.0123. The lowest BCUT2D eigenvalue weighted by Gasteiger charge is -2.40. The maximum atomic E-state index is 9.74. The van der Waals surface area contributed by atoms with Crippen molar-refractivity contribution in [1.29, 1.82) is 0 Å². The topological polar surface area (TPSA) is 69.5 Å². The van der Waals surface area contributed by atoms with Gasteiger partial charge in [-0.1, -0.05) is 0 Å². The van der Waals surface area contributed by atoms with Gasteiger partial charge in [-0.25, -0.2) is 0 Å². The Bertz CT molecular complexity index is 320. The second-order valence-corrected chi connectivity index (χ2v) is 3.86. The van der Waals surface area contributed by atoms with Crippen LogP contribution in [0, 0.1) is 0 Å². The zero-order valence-corrected chi connectivity index (χ0v) is 8.61. The summed E-state index contributed by atoms with van der Waals surface area (Å²) in [5.41, 5.74) is 0. The van der Waals surface area contributed by atoms with Gasteiger partial charge < -0.3 is 15.1 Å². The molecule has 0 aliphatic carbocycles. The number of hydrogen-bond donors (Lipinski definition) is 2. The van der Waals surface area contributed by atoms with Gasteiger partial charge in [0.05, 0.1) is 18.2 Å². The molecule has 5 nitrogen and oxygen atoms in total. The first kappa shape index (κ1) is 10.3. The van der Waals surface area contributed by atoms with Crippen LogP contribution in [0.2, 0.25) is 0 Å². The Hall–Kier alpha value is -1.20. The largest absolute Gasteiger partial charge is 0.390 e. The first-order chi connectivity index (χ1) is 7.20. The summed E-state index contributed by atoms with van der Waals surface area (Å²) in [7, 11) is 0. The van der Waals surface area contributed by atoms with E-state index < -0.39 is 12.2 Å². The molecule has 2 N–H and O–H groups in total. The highest BCUT2D eigenvalue weighted by molar-refractivity contribution is 5.39. The van der Waals surface area contributed by atoms with Crippen LogP contribution in [0.4, 0.5) is 5.82 Å². The molecule has 0 saturated carbocycles. The first-order valence-corrected chi connectivity index (χ1v) is 5.10. The lowest BCUT2D eigenvalue weighted by atomic mass is 9.97. The molecule has 2 heterocycles. The van der Waals surface area contributed by atoms with Crippen LogP contribution in [0.25, 0.3) is 0 Å². The summed E-state index contributed by atoms with van der Waals surface area (Å²) in [5.74, 6) is 0.746. The van der Waals surface area contributed by atoms with Gasteiger partial charge in [-0.3, -0.25) is 0 Å². The van der Waals surface area contributed by atoms with E-state index in [0.717, 1.165) is 5.82 Å². The number of piperidine rings is 1. The average molecular weight is 209 g/mol. The van der Waals surface area contributed by atoms with Gasteiger partial charge in [-0.2, -0.15) is 5.10 Å². The van der Waals surface area contributed by atoms with Gasteiger partial charge in [-0.15, -0.1) is 5.10 Å². The minimum Gasteiger partial charge on any atom is -0.390 e. The van der Waals surface area contributed by atoms with Crippen molar-refractivity contribution in [2.24, 2.45) is 0 Å². The van der Waals surface area contributed by atoms with Crippen molar-refractivity contribution in [2.45, 2.75) is 31.6 Å². The average Bonchev–Trinajstić information content (AvgIpc) is 2.27. The second-order valence-electron chi connectivity index (χ2n) is 3.86. The van der Waals surface area contributed by atoms with Crippen LogP contribution in [-0.4, -0.2) is 45.2 Å². The van der Waals surface area contributed by atoms with Crippen molar-refractivity contribution in [1.82, 2.24) is 10.2 Å². The van der Waals surface area contributed by atoms with Gasteiger partial charge in [0, 0.05) is 12.7 Å². The van der Waals surface area contributed by atoms with E-state index in [1.165, 1.54) is 0 Å². The zero-order chi connectivity index (χ0) is 10.8. The minimum absolute atomic E-state index is 0.134. The molecule has 1 aliphatic rings. The van der Waals surface area contributed by atoms with Crippen LogP contribution in [0.15, 0.2) is 18.3 Å². The molecule has 0 aromatic carbocycles. The third-order valence-electron chi connectivity index (χ3n) is 2.90. The summed E-state index contributed by atoms with van der Waals surface area (Å²) in [6.45, 7) is 2.57. The third-order valence-corrected chi connectivity index (χ3v) is 2.90. The molecule has 1 saturated heterocycles. The van der Waals surface area contributed by atoms with Crippen molar-refractivity contribution in [2.75, 3.05) is 11.4 Å². The molecule has 1 aliphatic heterocycles. The Morgan fingerprint density at radius 3 is 2.93 bits per heavy atom. The van der Waals surface area contributed by atoms with Crippen LogP contribution in [0.1, 0.15) is 13.3 Å². The zero-order valence-electron chi connectivity index (χ0n) is 8.61. The van der Waals surface area contributed by atoms with Crippen molar-refractivity contribution in [3.8, 4) is 0 Å². The summed E-state index contributed by atoms with van der Waals surface area (Å²) >= 11 is 0. The monoisotopic (exact) mass is 209 g/mol. The van der Waals surface area contributed by atoms with Crippen LogP contribution < -0.4 is 4.90 Å². The van der Waals surface area contributed by atoms with Crippen LogP contribution in [0.3, 0.4) is 0 Å². The molecule has 3 unspecified atom stereocenters. The van der Waals surface area contributed by atoms with E-state index in [-0.39, 0.29) is 6.04 Å². The number of aliphatic hydroxyl groups is 2. The maximum Gasteiger partial charge on any atom is 0.151 e. The fourth-order valence-corrected chi connectivity index (χ4v) is 1.92. The van der Waals surface area contributed by atoms with Gasteiger partial charge in [0.2, 0.25) is 0 Å². The molecule has 3 atom stereocenters. The predicted molar refractivity (Wildman–Crippen MR) is 55.5 cm³/mol. The Morgan fingerprint density at radius 2 is 2.27 bits per heavy atom. The quantitative estimate of drug-likeness (QED) is 0.670. The standard InChI is InChI=1S/C10H15N3O2/c1-7-10(15)8(14)4-6-13(7)9-3-2-5-11-12-9/h2-3,5,7-8,10,14-15H,4,6H2,1H3. The van der Waals surface area contributed by atoms with E-state index in [4.69, 9.17) is 0 Å². The van der Waals surface area contributed by atoms with E-state index in [1.54, 1.807) is 6.20 Å². The Balaban J connectivity index is 2.17. The van der Waals surface area contributed by atoms with E-state index in [1.807, 2.05) is 24.0 Å². The summed E-state index contributed by atoms with van der Waals surface area (Å²) in [6.07, 6.45) is 0.819. The van der Waals surface area contributed by atoms with Gasteiger partial charge >= 0.3 is 0 Å². The molecule has 82 valence electrons. The van der Waals surface area contributed by atoms with Crippen molar-refractivity contribution < 1.29 is 10.2 Å². The van der Waals surface area contributed by atoms with Crippen LogP contribution in [0.5, 0.6) is 0 Å². The fourth-order valence-electron chi connectivity index (χ4n) is 1.92. The summed E-state index contributed by atoms with van der Waals surface area (Å²) in [4.78, 5) is 1.96. The smallest absolute Gasteiger partial charge is 0.151 e. The van der Waals surface area contributed by atoms with Crippen molar-refractivity contribution in [3.05, 3.63) is 18.3 Å². The number of rotatable bonds is 1. The highest BCUT2D eigenvalue weighted by Gasteiger charge is 2.33. The molecule has 0 spiro atoms. The van der Waals surface area contributed by atoms with Gasteiger partial charge in [-0.05, 0) is 25.5 Å². The highest BCUT2D eigenvalue weighted by atomic mass is 16.3. The molecule has 0 radical (unpaired) electrons. The van der Waals surface area contributed by atoms with Crippen molar-refractivity contribution >= 4 is 5.82 Å². The Morgan fingerprint density at radius 1 is 1.47 bits per heavy atom. The number of anilines is 1. The number of nitrogens with zero attached hydrogens (tertiary/aromatic N) is 3.